The van der Waals surface area contributed by atoms with Gasteiger partial charge in [0.2, 0.25) is 5.91 Å². The SMILES string of the molecule is Cc1ccccc1CN1CCC(CNC(=O)C2(C)COCc3nnc(C)n32)CC1. The first kappa shape index (κ1) is 20.0. The molecule has 1 atom stereocenters. The van der Waals surface area contributed by atoms with E-state index in [-0.39, 0.29) is 5.91 Å². The highest BCUT2D eigenvalue weighted by molar-refractivity contribution is 5.84. The highest BCUT2D eigenvalue weighted by Gasteiger charge is 2.41. The monoisotopic (exact) mass is 397 g/mol. The molecule has 1 aromatic carbocycles. The minimum absolute atomic E-state index is 0.0105. The molecular weight excluding hydrogens is 366 g/mol. The van der Waals surface area contributed by atoms with Crippen molar-refractivity contribution in [2.75, 3.05) is 26.2 Å². The first-order chi connectivity index (χ1) is 14.0. The summed E-state index contributed by atoms with van der Waals surface area (Å²) >= 11 is 0. The highest BCUT2D eigenvalue weighted by atomic mass is 16.5. The Bertz CT molecular complexity index is 872. The van der Waals surface area contributed by atoms with Crippen LogP contribution in [0.3, 0.4) is 0 Å². The summed E-state index contributed by atoms with van der Waals surface area (Å²) in [6.45, 7) is 10.6. The first-order valence-electron chi connectivity index (χ1n) is 10.5. The van der Waals surface area contributed by atoms with Crippen molar-refractivity contribution in [2.24, 2.45) is 5.92 Å². The molecule has 1 unspecified atom stereocenters. The van der Waals surface area contributed by atoms with Crippen LogP contribution in [0.5, 0.6) is 0 Å². The predicted molar refractivity (Wildman–Crippen MR) is 110 cm³/mol. The number of hydrogen-bond donors (Lipinski definition) is 1. The van der Waals surface area contributed by atoms with E-state index in [1.165, 1.54) is 11.1 Å². The van der Waals surface area contributed by atoms with Crippen LogP contribution < -0.4 is 5.32 Å². The molecule has 1 amide bonds. The van der Waals surface area contributed by atoms with Crippen LogP contribution in [0.2, 0.25) is 0 Å². The fourth-order valence-corrected chi connectivity index (χ4v) is 4.52. The Kier molecular flexibility index (Phi) is 5.69. The van der Waals surface area contributed by atoms with Crippen LogP contribution in [0.25, 0.3) is 0 Å². The number of aromatic nitrogens is 3. The molecule has 2 aliphatic rings. The second-order valence-electron chi connectivity index (χ2n) is 8.62. The molecule has 1 N–H and O–H groups in total. The van der Waals surface area contributed by atoms with Crippen molar-refractivity contribution in [3.05, 3.63) is 47.0 Å². The Morgan fingerprint density at radius 3 is 2.76 bits per heavy atom. The average molecular weight is 398 g/mol. The molecule has 1 saturated heterocycles. The Morgan fingerprint density at radius 2 is 2.00 bits per heavy atom. The van der Waals surface area contributed by atoms with Crippen LogP contribution in [-0.4, -0.2) is 51.8 Å². The lowest BCUT2D eigenvalue weighted by Crippen LogP contribution is -2.53. The Balaban J connectivity index is 1.29. The summed E-state index contributed by atoms with van der Waals surface area (Å²) in [7, 11) is 0. The minimum atomic E-state index is -0.785. The molecule has 2 aromatic rings. The van der Waals surface area contributed by atoms with Gasteiger partial charge in [-0.25, -0.2) is 0 Å². The van der Waals surface area contributed by atoms with E-state index in [0.717, 1.165) is 44.1 Å². The first-order valence-corrected chi connectivity index (χ1v) is 10.5. The lowest BCUT2D eigenvalue weighted by atomic mass is 9.94. The number of nitrogens with zero attached hydrogens (tertiary/aromatic N) is 4. The number of likely N-dealkylation sites (tertiary alicyclic amines) is 1. The van der Waals surface area contributed by atoms with Crippen molar-refractivity contribution >= 4 is 5.91 Å². The molecule has 1 fully saturated rings. The average Bonchev–Trinajstić information content (AvgIpc) is 3.11. The number of piperidine rings is 1. The van der Waals surface area contributed by atoms with Crippen LogP contribution >= 0.6 is 0 Å². The summed E-state index contributed by atoms with van der Waals surface area (Å²) in [6, 6.07) is 8.60. The van der Waals surface area contributed by atoms with Crippen molar-refractivity contribution in [3.63, 3.8) is 0 Å². The van der Waals surface area contributed by atoms with Crippen LogP contribution in [0.1, 0.15) is 42.5 Å². The molecule has 0 spiro atoms. The van der Waals surface area contributed by atoms with E-state index < -0.39 is 5.54 Å². The number of nitrogens with one attached hydrogen (secondary N) is 1. The number of amides is 1. The lowest BCUT2D eigenvalue weighted by molar-refractivity contribution is -0.135. The quantitative estimate of drug-likeness (QED) is 0.837. The molecule has 7 heteroatoms. The number of benzene rings is 1. The van der Waals surface area contributed by atoms with E-state index in [1.54, 1.807) is 0 Å². The van der Waals surface area contributed by atoms with Crippen molar-refractivity contribution in [2.45, 2.75) is 52.3 Å². The molecule has 0 saturated carbocycles. The standard InChI is InChI=1S/C22H31N5O2/c1-16-6-4-5-7-19(16)13-26-10-8-18(9-11-26)12-23-21(28)22(3)15-29-14-20-25-24-17(2)27(20)22/h4-7,18H,8-15H2,1-3H3,(H,23,28). The third-order valence-electron chi connectivity index (χ3n) is 6.40. The van der Waals surface area contributed by atoms with Crippen molar-refractivity contribution in [3.8, 4) is 0 Å². The molecule has 0 bridgehead atoms. The largest absolute Gasteiger partial charge is 0.370 e. The zero-order valence-corrected chi connectivity index (χ0v) is 17.6. The molecule has 0 aliphatic carbocycles. The van der Waals surface area contributed by atoms with Crippen LogP contribution in [0.15, 0.2) is 24.3 Å². The van der Waals surface area contributed by atoms with E-state index in [1.807, 2.05) is 18.4 Å². The van der Waals surface area contributed by atoms with E-state index in [2.05, 4.69) is 51.6 Å². The summed E-state index contributed by atoms with van der Waals surface area (Å²) in [6.07, 6.45) is 2.21. The van der Waals surface area contributed by atoms with Gasteiger partial charge in [-0.3, -0.25) is 14.3 Å². The Labute approximate surface area is 172 Å². The smallest absolute Gasteiger partial charge is 0.248 e. The molecule has 3 heterocycles. The molecule has 0 radical (unpaired) electrons. The van der Waals surface area contributed by atoms with Gasteiger partial charge in [-0.15, -0.1) is 10.2 Å². The van der Waals surface area contributed by atoms with Crippen LogP contribution in [0, 0.1) is 19.8 Å². The van der Waals surface area contributed by atoms with Gasteiger partial charge in [0.25, 0.3) is 0 Å². The fourth-order valence-electron chi connectivity index (χ4n) is 4.52. The number of fused-ring (bicyclic) bond motifs is 1. The third kappa shape index (κ3) is 4.07. The van der Waals surface area contributed by atoms with Crippen LogP contribution in [0.4, 0.5) is 0 Å². The van der Waals surface area contributed by atoms with E-state index in [0.29, 0.717) is 25.7 Å². The summed E-state index contributed by atoms with van der Waals surface area (Å²) in [5.41, 5.74) is 1.98. The number of carbonyl (C=O) groups excluding carboxylic acids is 1. The summed E-state index contributed by atoms with van der Waals surface area (Å²) in [4.78, 5) is 15.6. The maximum Gasteiger partial charge on any atom is 0.248 e. The van der Waals surface area contributed by atoms with Crippen molar-refractivity contribution in [1.29, 1.82) is 0 Å². The second kappa shape index (κ2) is 8.24. The normalized spacial score (nSPS) is 23.0. The minimum Gasteiger partial charge on any atom is -0.370 e. The lowest BCUT2D eigenvalue weighted by Gasteiger charge is -2.36. The van der Waals surface area contributed by atoms with Gasteiger partial charge in [0, 0.05) is 13.1 Å². The van der Waals surface area contributed by atoms with E-state index >= 15 is 0 Å². The second-order valence-corrected chi connectivity index (χ2v) is 8.62. The van der Waals surface area contributed by atoms with Gasteiger partial charge < -0.3 is 10.1 Å². The number of hydrogen-bond acceptors (Lipinski definition) is 5. The van der Waals surface area contributed by atoms with E-state index in [9.17, 15) is 4.79 Å². The predicted octanol–water partition coefficient (Wildman–Crippen LogP) is 2.17. The number of ether oxygens (including phenoxy) is 1. The third-order valence-corrected chi connectivity index (χ3v) is 6.40. The summed E-state index contributed by atoms with van der Waals surface area (Å²) in [5.74, 6) is 1.98. The molecule has 2 aliphatic heterocycles. The van der Waals surface area contributed by atoms with Gasteiger partial charge in [0.05, 0.1) is 6.61 Å². The summed E-state index contributed by atoms with van der Waals surface area (Å²) in [5, 5.41) is 11.4. The fraction of sp³-hybridized carbons (Fsp3) is 0.591. The zero-order chi connectivity index (χ0) is 20.4. The molecule has 7 nitrogen and oxygen atoms in total. The van der Waals surface area contributed by atoms with Crippen LogP contribution in [-0.2, 0) is 28.2 Å². The Morgan fingerprint density at radius 1 is 1.24 bits per heavy atom. The van der Waals surface area contributed by atoms with Gasteiger partial charge >= 0.3 is 0 Å². The van der Waals surface area contributed by atoms with Crippen molar-refractivity contribution in [1.82, 2.24) is 25.0 Å². The number of aryl methyl sites for hydroxylation is 2. The van der Waals surface area contributed by atoms with E-state index in [4.69, 9.17) is 4.74 Å². The van der Waals surface area contributed by atoms with Gasteiger partial charge in [0.15, 0.2) is 5.82 Å². The highest BCUT2D eigenvalue weighted by Crippen LogP contribution is 2.26. The maximum atomic E-state index is 13.0. The van der Waals surface area contributed by atoms with Gasteiger partial charge in [-0.05, 0) is 63.7 Å². The number of carbonyl (C=O) groups is 1. The summed E-state index contributed by atoms with van der Waals surface area (Å²) < 4.78 is 7.55. The molecule has 4 rings (SSSR count). The van der Waals surface area contributed by atoms with Gasteiger partial charge in [0.1, 0.15) is 18.0 Å². The Hall–Kier alpha value is -2.25. The topological polar surface area (TPSA) is 72.3 Å². The molecular formula is C22H31N5O2. The number of rotatable bonds is 5. The zero-order valence-electron chi connectivity index (χ0n) is 17.6. The molecule has 29 heavy (non-hydrogen) atoms. The molecule has 1 aromatic heterocycles. The van der Waals surface area contributed by atoms with Gasteiger partial charge in [-0.1, -0.05) is 24.3 Å². The van der Waals surface area contributed by atoms with Gasteiger partial charge in [-0.2, -0.15) is 0 Å². The maximum absolute atomic E-state index is 13.0. The van der Waals surface area contributed by atoms with Crippen molar-refractivity contribution < 1.29 is 9.53 Å². The molecule has 156 valence electrons.